The predicted molar refractivity (Wildman–Crippen MR) is 128 cm³/mol. The summed E-state index contributed by atoms with van der Waals surface area (Å²) in [5.41, 5.74) is 4.59. The number of nitrogens with zero attached hydrogens (tertiary/aromatic N) is 4. The van der Waals surface area contributed by atoms with E-state index in [9.17, 15) is 14.8 Å². The van der Waals surface area contributed by atoms with Crippen molar-refractivity contribution in [3.05, 3.63) is 59.4 Å². The molecule has 0 bridgehead atoms. The molecule has 1 aliphatic rings. The number of pyridine rings is 1. The lowest BCUT2D eigenvalue weighted by atomic mass is 9.97. The molecular formula is C24H22ClFN6O. The standard InChI is InChI=1S/C24H21FN6O.ClH/c1-14-19(13-26)23(18-7-6-17(32)12-20(18)25)28-24-21(14)22(29-30-24)15-2-4-16(5-3-15)31-10-8-27-9-11-31;/h2-7,12,27,32H,8-11H2,1H3,(H,28,29,30);1H. The quantitative estimate of drug-likeness (QED) is 0.421. The molecule has 168 valence electrons. The van der Waals surface area contributed by atoms with Crippen LogP contribution in [0.5, 0.6) is 5.75 Å². The minimum Gasteiger partial charge on any atom is -0.508 e. The van der Waals surface area contributed by atoms with Gasteiger partial charge in [0, 0.05) is 49.1 Å². The van der Waals surface area contributed by atoms with Crippen LogP contribution in [0.15, 0.2) is 42.5 Å². The maximum absolute atomic E-state index is 14.5. The second-order valence-electron chi connectivity index (χ2n) is 7.82. The molecule has 3 N–H and O–H groups in total. The maximum atomic E-state index is 14.5. The topological polar surface area (TPSA) is 101 Å². The highest BCUT2D eigenvalue weighted by atomic mass is 35.5. The highest BCUT2D eigenvalue weighted by Gasteiger charge is 2.21. The van der Waals surface area contributed by atoms with E-state index in [1.54, 1.807) is 0 Å². The van der Waals surface area contributed by atoms with Gasteiger partial charge in [-0.3, -0.25) is 5.10 Å². The van der Waals surface area contributed by atoms with Crippen molar-refractivity contribution in [2.45, 2.75) is 6.92 Å². The smallest absolute Gasteiger partial charge is 0.182 e. The lowest BCUT2D eigenvalue weighted by Crippen LogP contribution is -2.43. The van der Waals surface area contributed by atoms with Crippen LogP contribution in [-0.2, 0) is 0 Å². The number of fused-ring (bicyclic) bond motifs is 1. The van der Waals surface area contributed by atoms with Crippen LogP contribution < -0.4 is 10.2 Å². The first kappa shape index (κ1) is 22.5. The number of aromatic amines is 1. The van der Waals surface area contributed by atoms with Crippen LogP contribution in [0.4, 0.5) is 10.1 Å². The van der Waals surface area contributed by atoms with E-state index in [1.807, 2.05) is 19.1 Å². The number of halogens is 2. The van der Waals surface area contributed by atoms with Gasteiger partial charge in [-0.25, -0.2) is 9.37 Å². The highest BCUT2D eigenvalue weighted by molar-refractivity contribution is 5.97. The summed E-state index contributed by atoms with van der Waals surface area (Å²) in [5.74, 6) is -0.833. The molecule has 0 saturated carbocycles. The van der Waals surface area contributed by atoms with Gasteiger partial charge in [0.25, 0.3) is 0 Å². The van der Waals surface area contributed by atoms with E-state index in [0.717, 1.165) is 54.6 Å². The number of phenols is 1. The molecule has 1 saturated heterocycles. The Morgan fingerprint density at radius 1 is 1.12 bits per heavy atom. The number of benzene rings is 2. The van der Waals surface area contributed by atoms with Gasteiger partial charge < -0.3 is 15.3 Å². The molecule has 0 radical (unpaired) electrons. The number of rotatable bonds is 3. The van der Waals surface area contributed by atoms with Crippen LogP contribution in [0.25, 0.3) is 33.5 Å². The number of aryl methyl sites for hydroxylation is 1. The molecular weight excluding hydrogens is 443 g/mol. The lowest BCUT2D eigenvalue weighted by molar-refractivity contribution is 0.469. The maximum Gasteiger partial charge on any atom is 0.182 e. The fourth-order valence-electron chi connectivity index (χ4n) is 4.23. The van der Waals surface area contributed by atoms with Crippen molar-refractivity contribution in [2.24, 2.45) is 0 Å². The van der Waals surface area contributed by atoms with Crippen LogP contribution >= 0.6 is 12.4 Å². The third-order valence-corrected chi connectivity index (χ3v) is 5.91. The van der Waals surface area contributed by atoms with Crippen LogP contribution in [0.3, 0.4) is 0 Å². The fraction of sp³-hybridized carbons (Fsp3) is 0.208. The zero-order valence-electron chi connectivity index (χ0n) is 17.9. The van der Waals surface area contributed by atoms with Crippen molar-refractivity contribution in [3.63, 3.8) is 0 Å². The minimum atomic E-state index is -0.646. The van der Waals surface area contributed by atoms with Gasteiger partial charge in [-0.15, -0.1) is 12.4 Å². The summed E-state index contributed by atoms with van der Waals surface area (Å²) in [5, 5.41) is 30.8. The molecule has 2 aromatic carbocycles. The normalized spacial score (nSPS) is 13.5. The molecule has 1 aliphatic heterocycles. The first-order valence-electron chi connectivity index (χ1n) is 10.4. The molecule has 3 heterocycles. The molecule has 33 heavy (non-hydrogen) atoms. The molecule has 9 heteroatoms. The number of piperazine rings is 1. The fourth-order valence-corrected chi connectivity index (χ4v) is 4.23. The van der Waals surface area contributed by atoms with Crippen molar-refractivity contribution < 1.29 is 9.50 Å². The molecule has 0 spiro atoms. The number of hydrogen-bond donors (Lipinski definition) is 3. The largest absolute Gasteiger partial charge is 0.508 e. The van der Waals surface area contributed by atoms with Gasteiger partial charge in [-0.1, -0.05) is 12.1 Å². The van der Waals surface area contributed by atoms with Crippen LogP contribution in [0.2, 0.25) is 0 Å². The van der Waals surface area contributed by atoms with Crippen molar-refractivity contribution in [3.8, 4) is 34.3 Å². The van der Waals surface area contributed by atoms with E-state index in [2.05, 4.69) is 43.6 Å². The molecule has 7 nitrogen and oxygen atoms in total. The zero-order valence-corrected chi connectivity index (χ0v) is 18.7. The van der Waals surface area contributed by atoms with Gasteiger partial charge in [0.15, 0.2) is 5.65 Å². The van der Waals surface area contributed by atoms with E-state index in [1.165, 1.54) is 12.1 Å². The van der Waals surface area contributed by atoms with Crippen LogP contribution in [0.1, 0.15) is 11.1 Å². The number of H-pyrrole nitrogens is 1. The summed E-state index contributed by atoms with van der Waals surface area (Å²) in [4.78, 5) is 6.84. The van der Waals surface area contributed by atoms with E-state index >= 15 is 0 Å². The second-order valence-corrected chi connectivity index (χ2v) is 7.82. The van der Waals surface area contributed by atoms with Crippen LogP contribution in [0, 0.1) is 24.1 Å². The van der Waals surface area contributed by atoms with Gasteiger partial charge >= 0.3 is 0 Å². The number of nitrogens with one attached hydrogen (secondary N) is 2. The summed E-state index contributed by atoms with van der Waals surface area (Å²) in [7, 11) is 0. The Kier molecular flexibility index (Phi) is 6.18. The van der Waals surface area contributed by atoms with Gasteiger partial charge in [-0.05, 0) is 36.8 Å². The van der Waals surface area contributed by atoms with Crippen molar-refractivity contribution >= 4 is 29.1 Å². The van der Waals surface area contributed by atoms with Crippen molar-refractivity contribution in [2.75, 3.05) is 31.1 Å². The van der Waals surface area contributed by atoms with E-state index in [4.69, 9.17) is 0 Å². The molecule has 0 unspecified atom stereocenters. The minimum absolute atomic E-state index is 0. The Bertz CT molecular complexity index is 1360. The molecule has 5 rings (SSSR count). The Balaban J connectivity index is 0.00000259. The number of hydrogen-bond acceptors (Lipinski definition) is 6. The number of nitriles is 1. The van der Waals surface area contributed by atoms with Crippen molar-refractivity contribution in [1.29, 1.82) is 5.26 Å². The summed E-state index contributed by atoms with van der Waals surface area (Å²) in [6.07, 6.45) is 0. The molecule has 0 atom stereocenters. The Hall–Kier alpha value is -3.67. The van der Waals surface area contributed by atoms with E-state index < -0.39 is 5.82 Å². The highest BCUT2D eigenvalue weighted by Crippen LogP contribution is 2.35. The van der Waals surface area contributed by atoms with Crippen LogP contribution in [-0.4, -0.2) is 46.5 Å². The van der Waals surface area contributed by atoms with Gasteiger partial charge in [0.1, 0.15) is 17.6 Å². The monoisotopic (exact) mass is 464 g/mol. The third kappa shape index (κ3) is 3.97. The summed E-state index contributed by atoms with van der Waals surface area (Å²) in [6.45, 7) is 5.70. The van der Waals surface area contributed by atoms with E-state index in [-0.39, 0.29) is 35.0 Å². The molecule has 0 amide bonds. The summed E-state index contributed by atoms with van der Waals surface area (Å²) >= 11 is 0. The molecule has 0 aliphatic carbocycles. The lowest BCUT2D eigenvalue weighted by Gasteiger charge is -2.29. The third-order valence-electron chi connectivity index (χ3n) is 5.91. The Morgan fingerprint density at radius 2 is 1.85 bits per heavy atom. The molecule has 4 aromatic rings. The van der Waals surface area contributed by atoms with Gasteiger partial charge in [0.2, 0.25) is 0 Å². The molecule has 1 fully saturated rings. The number of anilines is 1. The van der Waals surface area contributed by atoms with Crippen molar-refractivity contribution in [1.82, 2.24) is 20.5 Å². The Labute approximate surface area is 196 Å². The first-order valence-corrected chi connectivity index (χ1v) is 10.4. The summed E-state index contributed by atoms with van der Waals surface area (Å²) in [6, 6.07) is 14.2. The average molecular weight is 465 g/mol. The number of phenolic OH excluding ortho intramolecular Hbond substituents is 1. The first-order chi connectivity index (χ1) is 15.6. The molecule has 2 aromatic heterocycles. The number of aromatic hydroxyl groups is 1. The van der Waals surface area contributed by atoms with Gasteiger partial charge in [0.05, 0.1) is 22.3 Å². The van der Waals surface area contributed by atoms with Gasteiger partial charge in [-0.2, -0.15) is 10.4 Å². The second kappa shape index (κ2) is 9.06. The summed E-state index contributed by atoms with van der Waals surface area (Å²) < 4.78 is 14.5. The average Bonchev–Trinajstić information content (AvgIpc) is 3.24. The number of aromatic nitrogens is 3. The predicted octanol–water partition coefficient (Wildman–Crippen LogP) is 4.15. The zero-order chi connectivity index (χ0) is 22.2. The SMILES string of the molecule is Cc1c(C#N)c(-c2ccc(O)cc2F)nc2n[nH]c(-c3ccc(N4CCNCC4)cc3)c12.Cl. The van der Waals surface area contributed by atoms with E-state index in [0.29, 0.717) is 11.2 Å². The Morgan fingerprint density at radius 3 is 2.52 bits per heavy atom.